The van der Waals surface area contributed by atoms with Gasteiger partial charge in [-0.15, -0.1) is 0 Å². The highest BCUT2D eigenvalue weighted by atomic mass is 15.0. The van der Waals surface area contributed by atoms with Crippen LogP contribution in [0.2, 0.25) is 0 Å². The number of pyridine rings is 1. The summed E-state index contributed by atoms with van der Waals surface area (Å²) in [4.78, 5) is 12.1. The summed E-state index contributed by atoms with van der Waals surface area (Å²) in [5.41, 5.74) is 0.907. The molecular formula is C8H8N4. The Morgan fingerprint density at radius 1 is 1.25 bits per heavy atom. The molecule has 12 heavy (non-hydrogen) atoms. The molecule has 0 saturated carbocycles. The van der Waals surface area contributed by atoms with Crippen LogP contribution in [0.5, 0.6) is 0 Å². The second-order valence-electron chi connectivity index (χ2n) is 2.40. The maximum absolute atomic E-state index is 4.13. The van der Waals surface area contributed by atoms with Crippen molar-refractivity contribution in [2.24, 2.45) is 0 Å². The van der Waals surface area contributed by atoms with Crippen molar-refractivity contribution >= 4 is 16.7 Å². The van der Waals surface area contributed by atoms with Gasteiger partial charge in [0.15, 0.2) is 0 Å². The summed E-state index contributed by atoms with van der Waals surface area (Å²) in [6, 6.07) is 1.89. The van der Waals surface area contributed by atoms with Gasteiger partial charge in [-0.05, 0) is 0 Å². The summed E-state index contributed by atoms with van der Waals surface area (Å²) in [5, 5.41) is 3.90. The first-order valence-corrected chi connectivity index (χ1v) is 3.63. The minimum Gasteiger partial charge on any atom is -0.373 e. The van der Waals surface area contributed by atoms with E-state index in [-0.39, 0.29) is 0 Å². The highest BCUT2D eigenvalue weighted by Crippen LogP contribution is 2.11. The lowest BCUT2D eigenvalue weighted by Gasteiger charge is -1.99. The zero-order valence-electron chi connectivity index (χ0n) is 6.65. The Morgan fingerprint density at radius 3 is 3.00 bits per heavy atom. The quantitative estimate of drug-likeness (QED) is 0.677. The molecule has 0 aliphatic carbocycles. The highest BCUT2D eigenvalue weighted by molar-refractivity contribution is 5.78. The molecule has 0 radical (unpaired) electrons. The minimum absolute atomic E-state index is 0.821. The van der Waals surface area contributed by atoms with Gasteiger partial charge < -0.3 is 5.32 Å². The lowest BCUT2D eigenvalue weighted by molar-refractivity contribution is 1.20. The largest absolute Gasteiger partial charge is 0.373 e. The Hall–Kier alpha value is -1.71. The maximum Gasteiger partial charge on any atom is 0.127 e. The first kappa shape index (κ1) is 6.97. The van der Waals surface area contributed by atoms with Crippen molar-refractivity contribution in [3.8, 4) is 0 Å². The van der Waals surface area contributed by atoms with E-state index in [1.807, 2.05) is 13.1 Å². The molecule has 0 aliphatic rings. The van der Waals surface area contributed by atoms with E-state index in [1.54, 1.807) is 12.4 Å². The van der Waals surface area contributed by atoms with E-state index in [9.17, 15) is 0 Å². The fraction of sp³-hybridized carbons (Fsp3) is 0.125. The number of nitrogens with zero attached hydrogens (tertiary/aromatic N) is 3. The molecular weight excluding hydrogens is 152 g/mol. The van der Waals surface area contributed by atoms with Gasteiger partial charge in [0, 0.05) is 30.9 Å². The molecule has 0 bridgehead atoms. The SMILES string of the molecule is CNc1cc2ncncc2cn1. The molecule has 0 saturated heterocycles. The van der Waals surface area contributed by atoms with E-state index in [0.29, 0.717) is 0 Å². The average Bonchev–Trinajstić information content (AvgIpc) is 2.17. The topological polar surface area (TPSA) is 50.7 Å². The van der Waals surface area contributed by atoms with Gasteiger partial charge in [-0.1, -0.05) is 0 Å². The van der Waals surface area contributed by atoms with Crippen LogP contribution in [0.1, 0.15) is 0 Å². The van der Waals surface area contributed by atoms with Gasteiger partial charge >= 0.3 is 0 Å². The third kappa shape index (κ3) is 1.07. The van der Waals surface area contributed by atoms with Crippen LogP contribution < -0.4 is 5.32 Å². The first-order chi connectivity index (χ1) is 5.90. The van der Waals surface area contributed by atoms with Gasteiger partial charge in [0.2, 0.25) is 0 Å². The predicted octanol–water partition coefficient (Wildman–Crippen LogP) is 1.07. The Bertz CT molecular complexity index is 399. The summed E-state index contributed by atoms with van der Waals surface area (Å²) in [6.07, 6.45) is 5.03. The van der Waals surface area contributed by atoms with Crippen molar-refractivity contribution in [2.75, 3.05) is 12.4 Å². The Kier molecular flexibility index (Phi) is 1.59. The highest BCUT2D eigenvalue weighted by Gasteiger charge is 1.95. The Morgan fingerprint density at radius 2 is 2.17 bits per heavy atom. The maximum atomic E-state index is 4.13. The lowest BCUT2D eigenvalue weighted by Crippen LogP contribution is -1.92. The van der Waals surface area contributed by atoms with Crippen LogP contribution in [-0.4, -0.2) is 22.0 Å². The number of hydrogen-bond donors (Lipinski definition) is 1. The Balaban J connectivity index is 2.67. The fourth-order valence-corrected chi connectivity index (χ4v) is 1.01. The molecule has 60 valence electrons. The van der Waals surface area contributed by atoms with Crippen molar-refractivity contribution < 1.29 is 0 Å². The van der Waals surface area contributed by atoms with Gasteiger partial charge in [0.05, 0.1) is 5.52 Å². The molecule has 0 aliphatic heterocycles. The third-order valence-corrected chi connectivity index (χ3v) is 1.65. The number of fused-ring (bicyclic) bond motifs is 1. The van der Waals surface area contributed by atoms with Gasteiger partial charge in [0.25, 0.3) is 0 Å². The summed E-state index contributed by atoms with van der Waals surface area (Å²) >= 11 is 0. The Labute approximate surface area is 69.7 Å². The third-order valence-electron chi connectivity index (χ3n) is 1.65. The molecule has 0 amide bonds. The molecule has 1 N–H and O–H groups in total. The van der Waals surface area contributed by atoms with Crippen molar-refractivity contribution in [1.82, 2.24) is 15.0 Å². The number of anilines is 1. The molecule has 2 aromatic rings. The monoisotopic (exact) mass is 160 g/mol. The standard InChI is InChI=1S/C8H8N4/c1-9-8-2-7-6(4-11-8)3-10-5-12-7/h2-5H,1H3,(H,9,11). The van der Waals surface area contributed by atoms with E-state index >= 15 is 0 Å². The zero-order valence-corrected chi connectivity index (χ0v) is 6.65. The predicted molar refractivity (Wildman–Crippen MR) is 46.9 cm³/mol. The first-order valence-electron chi connectivity index (χ1n) is 3.63. The van der Waals surface area contributed by atoms with Gasteiger partial charge in [-0.3, -0.25) is 0 Å². The van der Waals surface area contributed by atoms with Crippen LogP contribution in [0.25, 0.3) is 10.9 Å². The summed E-state index contributed by atoms with van der Waals surface area (Å²) in [7, 11) is 1.83. The van der Waals surface area contributed by atoms with Crippen LogP contribution in [0.3, 0.4) is 0 Å². The fourth-order valence-electron chi connectivity index (χ4n) is 1.01. The minimum atomic E-state index is 0.821. The van der Waals surface area contributed by atoms with Crippen LogP contribution in [0.4, 0.5) is 5.82 Å². The molecule has 2 rings (SSSR count). The normalized spacial score (nSPS) is 10.1. The molecule has 0 spiro atoms. The van der Waals surface area contributed by atoms with E-state index in [4.69, 9.17) is 0 Å². The van der Waals surface area contributed by atoms with Crippen LogP contribution in [-0.2, 0) is 0 Å². The molecule has 2 aromatic heterocycles. The van der Waals surface area contributed by atoms with E-state index in [1.165, 1.54) is 6.33 Å². The molecule has 4 nitrogen and oxygen atoms in total. The molecule has 2 heterocycles. The second kappa shape index (κ2) is 2.73. The van der Waals surface area contributed by atoms with Crippen molar-refractivity contribution in [1.29, 1.82) is 0 Å². The molecule has 4 heteroatoms. The van der Waals surface area contributed by atoms with Crippen molar-refractivity contribution in [3.05, 3.63) is 24.8 Å². The number of nitrogens with one attached hydrogen (secondary N) is 1. The van der Waals surface area contributed by atoms with E-state index < -0.39 is 0 Å². The van der Waals surface area contributed by atoms with Crippen molar-refractivity contribution in [3.63, 3.8) is 0 Å². The van der Waals surface area contributed by atoms with E-state index in [0.717, 1.165) is 16.7 Å². The molecule has 0 fully saturated rings. The molecule has 0 atom stereocenters. The number of hydrogen-bond acceptors (Lipinski definition) is 4. The van der Waals surface area contributed by atoms with Crippen LogP contribution in [0, 0.1) is 0 Å². The smallest absolute Gasteiger partial charge is 0.127 e. The van der Waals surface area contributed by atoms with Gasteiger partial charge in [-0.2, -0.15) is 0 Å². The van der Waals surface area contributed by atoms with Gasteiger partial charge in [0.1, 0.15) is 12.1 Å². The molecule has 0 aromatic carbocycles. The summed E-state index contributed by atoms with van der Waals surface area (Å²) in [5.74, 6) is 0.821. The van der Waals surface area contributed by atoms with Crippen LogP contribution in [0.15, 0.2) is 24.8 Å². The average molecular weight is 160 g/mol. The second-order valence-corrected chi connectivity index (χ2v) is 2.40. The van der Waals surface area contributed by atoms with E-state index in [2.05, 4.69) is 20.3 Å². The van der Waals surface area contributed by atoms with Gasteiger partial charge in [-0.25, -0.2) is 15.0 Å². The van der Waals surface area contributed by atoms with Crippen molar-refractivity contribution in [2.45, 2.75) is 0 Å². The summed E-state index contributed by atoms with van der Waals surface area (Å²) in [6.45, 7) is 0. The molecule has 0 unspecified atom stereocenters. The van der Waals surface area contributed by atoms with Crippen LogP contribution >= 0.6 is 0 Å². The summed E-state index contributed by atoms with van der Waals surface area (Å²) < 4.78 is 0. The lowest BCUT2D eigenvalue weighted by atomic mass is 10.3. The zero-order chi connectivity index (χ0) is 8.39. The number of rotatable bonds is 1. The number of aromatic nitrogens is 3.